The average Bonchev–Trinajstić information content (AvgIpc) is 1.96. The van der Waals surface area contributed by atoms with Crippen molar-refractivity contribution < 1.29 is 4.79 Å². The first-order chi connectivity index (χ1) is 5.52. The Labute approximate surface area is 84.9 Å². The fourth-order valence-electron chi connectivity index (χ4n) is 1.01. The lowest BCUT2D eigenvalue weighted by Gasteiger charge is -2.04. The smallest absolute Gasteiger partial charge is 0.160 e. The van der Waals surface area contributed by atoms with Gasteiger partial charge in [0.25, 0.3) is 0 Å². The van der Waals surface area contributed by atoms with Crippen LogP contribution in [-0.4, -0.2) is 5.78 Å². The van der Waals surface area contributed by atoms with Crippen LogP contribution in [0.1, 0.15) is 22.8 Å². The number of Topliss-reactive ketones (excluding diaryl/α,β-unsaturated/α-hetero) is 1. The molecule has 0 aliphatic rings. The van der Waals surface area contributed by atoms with Gasteiger partial charge in [0.05, 0.1) is 0 Å². The summed E-state index contributed by atoms with van der Waals surface area (Å²) in [5.41, 5.74) is 1.52. The zero-order valence-electron chi connectivity index (χ0n) is 6.82. The van der Waals surface area contributed by atoms with Gasteiger partial charge in [0.2, 0.25) is 0 Å². The second-order valence-electron chi connectivity index (χ2n) is 2.62. The summed E-state index contributed by atoms with van der Waals surface area (Å²) in [6.45, 7) is 3.37. The van der Waals surface area contributed by atoms with E-state index >= 15 is 0 Å². The van der Waals surface area contributed by atoms with Crippen molar-refractivity contribution in [3.63, 3.8) is 0 Å². The molecular weight excluding hydrogens is 239 g/mol. The van der Waals surface area contributed by atoms with Crippen LogP contribution in [0.3, 0.4) is 0 Å². The van der Waals surface area contributed by atoms with Gasteiger partial charge in [-0.1, -0.05) is 27.5 Å². The van der Waals surface area contributed by atoms with Crippen LogP contribution in [-0.2, 0) is 0 Å². The van der Waals surface area contributed by atoms with E-state index in [0.29, 0.717) is 10.6 Å². The summed E-state index contributed by atoms with van der Waals surface area (Å²) >= 11 is 9.16. The molecule has 64 valence electrons. The molecule has 1 rings (SSSR count). The van der Waals surface area contributed by atoms with Gasteiger partial charge in [-0.3, -0.25) is 4.79 Å². The third-order valence-electron chi connectivity index (χ3n) is 1.69. The van der Waals surface area contributed by atoms with Gasteiger partial charge in [0.1, 0.15) is 0 Å². The maximum atomic E-state index is 11.1. The average molecular weight is 248 g/mol. The molecule has 0 aliphatic carbocycles. The summed E-state index contributed by atoms with van der Waals surface area (Å²) in [7, 11) is 0. The molecule has 0 radical (unpaired) electrons. The molecular formula is C9H8BrClO. The summed E-state index contributed by atoms with van der Waals surface area (Å²) in [6.07, 6.45) is 0. The highest BCUT2D eigenvalue weighted by molar-refractivity contribution is 9.10. The Balaban J connectivity index is 3.37. The van der Waals surface area contributed by atoms with E-state index in [9.17, 15) is 4.79 Å². The highest BCUT2D eigenvalue weighted by atomic mass is 79.9. The van der Waals surface area contributed by atoms with Crippen LogP contribution in [0, 0.1) is 6.92 Å². The summed E-state index contributed by atoms with van der Waals surface area (Å²) < 4.78 is 0.836. The molecule has 0 saturated heterocycles. The van der Waals surface area contributed by atoms with Gasteiger partial charge < -0.3 is 0 Å². The zero-order valence-corrected chi connectivity index (χ0v) is 9.16. The van der Waals surface area contributed by atoms with E-state index in [4.69, 9.17) is 11.6 Å². The van der Waals surface area contributed by atoms with Crippen molar-refractivity contribution in [2.24, 2.45) is 0 Å². The van der Waals surface area contributed by atoms with Gasteiger partial charge in [-0.2, -0.15) is 0 Å². The third kappa shape index (κ3) is 1.87. The quantitative estimate of drug-likeness (QED) is 0.693. The van der Waals surface area contributed by atoms with Crippen LogP contribution in [0.25, 0.3) is 0 Å². The lowest BCUT2D eigenvalue weighted by molar-refractivity contribution is 0.101. The minimum Gasteiger partial charge on any atom is -0.294 e. The van der Waals surface area contributed by atoms with Crippen LogP contribution in [0.2, 0.25) is 5.02 Å². The van der Waals surface area contributed by atoms with Crippen LogP contribution < -0.4 is 0 Å². The molecule has 0 bridgehead atoms. The second kappa shape index (κ2) is 3.58. The van der Waals surface area contributed by atoms with E-state index in [2.05, 4.69) is 15.9 Å². The van der Waals surface area contributed by atoms with E-state index < -0.39 is 0 Å². The topological polar surface area (TPSA) is 17.1 Å². The number of ketones is 1. The van der Waals surface area contributed by atoms with Crippen LogP contribution in [0.15, 0.2) is 16.6 Å². The number of hydrogen-bond donors (Lipinski definition) is 0. The fourth-order valence-corrected chi connectivity index (χ4v) is 1.82. The number of carbonyl (C=O) groups is 1. The number of hydrogen-bond acceptors (Lipinski definition) is 1. The first-order valence-electron chi connectivity index (χ1n) is 3.49. The Kier molecular flexibility index (Phi) is 2.91. The maximum Gasteiger partial charge on any atom is 0.160 e. The van der Waals surface area contributed by atoms with Crippen molar-refractivity contribution in [2.45, 2.75) is 13.8 Å². The van der Waals surface area contributed by atoms with Gasteiger partial charge in [0.15, 0.2) is 5.78 Å². The number of benzene rings is 1. The lowest BCUT2D eigenvalue weighted by atomic mass is 10.1. The van der Waals surface area contributed by atoms with Gasteiger partial charge >= 0.3 is 0 Å². The van der Waals surface area contributed by atoms with Crippen LogP contribution >= 0.6 is 27.5 Å². The maximum absolute atomic E-state index is 11.1. The predicted molar refractivity (Wildman–Crippen MR) is 53.9 cm³/mol. The first-order valence-corrected chi connectivity index (χ1v) is 4.66. The fraction of sp³-hybridized carbons (Fsp3) is 0.222. The molecule has 0 N–H and O–H groups in total. The number of rotatable bonds is 1. The van der Waals surface area contributed by atoms with Crippen molar-refractivity contribution in [2.75, 3.05) is 0 Å². The van der Waals surface area contributed by atoms with Crippen molar-refractivity contribution in [3.05, 3.63) is 32.8 Å². The van der Waals surface area contributed by atoms with Crippen molar-refractivity contribution in [1.29, 1.82) is 0 Å². The molecule has 1 aromatic carbocycles. The largest absolute Gasteiger partial charge is 0.294 e. The highest BCUT2D eigenvalue weighted by Crippen LogP contribution is 2.24. The van der Waals surface area contributed by atoms with Crippen molar-refractivity contribution in [3.8, 4) is 0 Å². The molecule has 12 heavy (non-hydrogen) atoms. The molecule has 0 spiro atoms. The Hall–Kier alpha value is -0.340. The Morgan fingerprint density at radius 1 is 1.50 bits per heavy atom. The molecule has 0 aliphatic heterocycles. The lowest BCUT2D eigenvalue weighted by Crippen LogP contribution is -1.96. The second-order valence-corrected chi connectivity index (χ2v) is 3.94. The third-order valence-corrected chi connectivity index (χ3v) is 2.54. The number of carbonyl (C=O) groups excluding carboxylic acids is 1. The minimum absolute atomic E-state index is 0.0377. The molecule has 3 heteroatoms. The molecule has 1 nitrogen and oxygen atoms in total. The minimum atomic E-state index is 0.0377. The van der Waals surface area contributed by atoms with Crippen LogP contribution in [0.4, 0.5) is 0 Å². The Bertz CT molecular complexity index is 334. The highest BCUT2D eigenvalue weighted by Gasteiger charge is 2.07. The molecule has 0 aromatic heterocycles. The van der Waals surface area contributed by atoms with Crippen LogP contribution in [0.5, 0.6) is 0 Å². The normalized spacial score (nSPS) is 10.0. The summed E-state index contributed by atoms with van der Waals surface area (Å²) in [5.74, 6) is 0.0377. The first kappa shape index (κ1) is 9.75. The van der Waals surface area contributed by atoms with E-state index in [1.807, 2.05) is 6.92 Å². The summed E-state index contributed by atoms with van der Waals surface area (Å²) in [4.78, 5) is 11.1. The SMILES string of the molecule is CC(=O)c1cc(Br)cc(Cl)c1C. The van der Waals surface area contributed by atoms with Crippen molar-refractivity contribution >= 4 is 33.3 Å². The summed E-state index contributed by atoms with van der Waals surface area (Å²) in [6, 6.07) is 3.56. The van der Waals surface area contributed by atoms with E-state index in [-0.39, 0.29) is 5.78 Å². The molecule has 0 saturated carbocycles. The molecule has 1 aromatic rings. The van der Waals surface area contributed by atoms with E-state index in [1.54, 1.807) is 12.1 Å². The Morgan fingerprint density at radius 2 is 2.08 bits per heavy atom. The van der Waals surface area contributed by atoms with Gasteiger partial charge in [-0.05, 0) is 31.5 Å². The summed E-state index contributed by atoms with van der Waals surface area (Å²) in [5, 5.41) is 0.620. The molecule has 0 heterocycles. The molecule has 0 atom stereocenters. The standard InChI is InChI=1S/C9H8BrClO/c1-5-8(6(2)12)3-7(10)4-9(5)11/h3-4H,1-2H3. The predicted octanol–water partition coefficient (Wildman–Crippen LogP) is 3.61. The van der Waals surface area contributed by atoms with Gasteiger partial charge in [-0.15, -0.1) is 0 Å². The molecule has 0 amide bonds. The number of halogens is 2. The van der Waals surface area contributed by atoms with Crippen molar-refractivity contribution in [1.82, 2.24) is 0 Å². The van der Waals surface area contributed by atoms with E-state index in [1.165, 1.54) is 6.92 Å². The van der Waals surface area contributed by atoms with Gasteiger partial charge in [0, 0.05) is 15.1 Å². The monoisotopic (exact) mass is 246 g/mol. The Morgan fingerprint density at radius 3 is 2.58 bits per heavy atom. The molecule has 0 unspecified atom stereocenters. The van der Waals surface area contributed by atoms with E-state index in [0.717, 1.165) is 10.0 Å². The molecule has 0 fully saturated rings. The zero-order chi connectivity index (χ0) is 9.30. The van der Waals surface area contributed by atoms with Gasteiger partial charge in [-0.25, -0.2) is 0 Å².